The molecular formula is C16H15Cl2NO2. The minimum absolute atomic E-state index is 0.108. The van der Waals surface area contributed by atoms with Gasteiger partial charge >= 0.3 is 0 Å². The molecule has 0 spiro atoms. The molecule has 5 heteroatoms. The Labute approximate surface area is 133 Å². The van der Waals surface area contributed by atoms with Gasteiger partial charge < -0.3 is 10.4 Å². The van der Waals surface area contributed by atoms with Gasteiger partial charge in [0.2, 0.25) is 5.91 Å². The van der Waals surface area contributed by atoms with Gasteiger partial charge in [-0.3, -0.25) is 4.79 Å². The van der Waals surface area contributed by atoms with Crippen molar-refractivity contribution in [3.05, 3.63) is 58.1 Å². The van der Waals surface area contributed by atoms with Gasteiger partial charge in [-0.05, 0) is 30.5 Å². The summed E-state index contributed by atoms with van der Waals surface area (Å²) in [5.74, 6) is -0.288. The molecule has 0 unspecified atom stereocenters. The summed E-state index contributed by atoms with van der Waals surface area (Å²) in [5.41, 5.74) is 1.69. The smallest absolute Gasteiger partial charge is 0.224 e. The van der Waals surface area contributed by atoms with E-state index < -0.39 is 0 Å². The molecule has 0 heterocycles. The minimum Gasteiger partial charge on any atom is -0.505 e. The van der Waals surface area contributed by atoms with Gasteiger partial charge in [-0.2, -0.15) is 0 Å². The predicted octanol–water partition coefficient (Wildman–Crippen LogP) is 4.66. The van der Waals surface area contributed by atoms with E-state index in [1.54, 1.807) is 0 Å². The Morgan fingerprint density at radius 2 is 1.71 bits per heavy atom. The van der Waals surface area contributed by atoms with Crippen molar-refractivity contribution in [3.8, 4) is 5.75 Å². The van der Waals surface area contributed by atoms with Gasteiger partial charge in [0.1, 0.15) is 0 Å². The number of carbonyl (C=O) groups is 1. The summed E-state index contributed by atoms with van der Waals surface area (Å²) in [6, 6.07) is 12.9. The second kappa shape index (κ2) is 7.34. The number of aromatic hydroxyl groups is 1. The summed E-state index contributed by atoms with van der Waals surface area (Å²) in [7, 11) is 0. The average molecular weight is 324 g/mol. The van der Waals surface area contributed by atoms with Crippen LogP contribution in [0.1, 0.15) is 18.4 Å². The van der Waals surface area contributed by atoms with Crippen LogP contribution >= 0.6 is 23.2 Å². The molecule has 1 amide bonds. The molecule has 0 saturated heterocycles. The van der Waals surface area contributed by atoms with Gasteiger partial charge in [-0.1, -0.05) is 53.5 Å². The summed E-state index contributed by atoms with van der Waals surface area (Å²) in [6.07, 6.45) is 2.02. The lowest BCUT2D eigenvalue weighted by Gasteiger charge is -2.08. The number of benzene rings is 2. The van der Waals surface area contributed by atoms with Crippen molar-refractivity contribution in [3.63, 3.8) is 0 Å². The Hall–Kier alpha value is -1.71. The molecule has 0 saturated carbocycles. The third-order valence-electron chi connectivity index (χ3n) is 3.01. The molecular weight excluding hydrogens is 309 g/mol. The first kappa shape index (κ1) is 15.7. The van der Waals surface area contributed by atoms with Crippen molar-refractivity contribution in [2.24, 2.45) is 0 Å². The normalized spacial score (nSPS) is 10.4. The summed E-state index contributed by atoms with van der Waals surface area (Å²) in [4.78, 5) is 11.9. The summed E-state index contributed by atoms with van der Waals surface area (Å²) in [6.45, 7) is 0. The van der Waals surface area contributed by atoms with E-state index in [-0.39, 0.29) is 21.7 Å². The number of phenols is 1. The quantitative estimate of drug-likeness (QED) is 0.786. The van der Waals surface area contributed by atoms with E-state index in [1.165, 1.54) is 17.7 Å². The number of rotatable bonds is 5. The lowest BCUT2D eigenvalue weighted by molar-refractivity contribution is -0.116. The predicted molar refractivity (Wildman–Crippen MR) is 86.1 cm³/mol. The number of hydrogen-bond donors (Lipinski definition) is 2. The van der Waals surface area contributed by atoms with Crippen LogP contribution < -0.4 is 5.32 Å². The third kappa shape index (κ3) is 4.66. The molecule has 0 aliphatic carbocycles. The molecule has 21 heavy (non-hydrogen) atoms. The van der Waals surface area contributed by atoms with E-state index in [1.807, 2.05) is 30.3 Å². The maximum atomic E-state index is 11.9. The second-order valence-electron chi connectivity index (χ2n) is 4.68. The molecule has 0 aliphatic rings. The molecule has 2 N–H and O–H groups in total. The summed E-state index contributed by atoms with van der Waals surface area (Å²) in [5, 5.41) is 12.4. The van der Waals surface area contributed by atoms with Crippen LogP contribution in [0, 0.1) is 0 Å². The largest absolute Gasteiger partial charge is 0.505 e. The van der Waals surface area contributed by atoms with Crippen LogP contribution in [-0.4, -0.2) is 11.0 Å². The second-order valence-corrected chi connectivity index (χ2v) is 5.49. The molecule has 0 bridgehead atoms. The summed E-state index contributed by atoms with van der Waals surface area (Å²) < 4.78 is 0. The van der Waals surface area contributed by atoms with Gasteiger partial charge in [0, 0.05) is 12.1 Å². The fraction of sp³-hybridized carbons (Fsp3) is 0.188. The molecule has 0 radical (unpaired) electrons. The van der Waals surface area contributed by atoms with Crippen LogP contribution in [0.15, 0.2) is 42.5 Å². The van der Waals surface area contributed by atoms with Gasteiger partial charge in [0.25, 0.3) is 0 Å². The van der Waals surface area contributed by atoms with Gasteiger partial charge in [-0.25, -0.2) is 0 Å². The van der Waals surface area contributed by atoms with Crippen molar-refractivity contribution in [1.82, 2.24) is 0 Å². The van der Waals surface area contributed by atoms with Crippen molar-refractivity contribution >= 4 is 34.8 Å². The lowest BCUT2D eigenvalue weighted by Crippen LogP contribution is -2.11. The highest BCUT2D eigenvalue weighted by Crippen LogP contribution is 2.34. The maximum absolute atomic E-state index is 11.9. The maximum Gasteiger partial charge on any atom is 0.224 e. The van der Waals surface area contributed by atoms with E-state index in [2.05, 4.69) is 5.32 Å². The van der Waals surface area contributed by atoms with Gasteiger partial charge in [-0.15, -0.1) is 0 Å². The Morgan fingerprint density at radius 1 is 1.10 bits per heavy atom. The van der Waals surface area contributed by atoms with E-state index in [4.69, 9.17) is 23.2 Å². The van der Waals surface area contributed by atoms with Gasteiger partial charge in [0.15, 0.2) is 5.75 Å². The van der Waals surface area contributed by atoms with Crippen LogP contribution in [0.4, 0.5) is 5.69 Å². The number of carbonyl (C=O) groups excluding carboxylic acids is 1. The van der Waals surface area contributed by atoms with Crippen LogP contribution in [0.5, 0.6) is 5.75 Å². The first-order valence-corrected chi connectivity index (χ1v) is 7.33. The molecule has 3 nitrogen and oxygen atoms in total. The average Bonchev–Trinajstić information content (AvgIpc) is 2.46. The Morgan fingerprint density at radius 3 is 2.33 bits per heavy atom. The Balaban J connectivity index is 1.85. The molecule has 2 rings (SSSR count). The number of nitrogens with one attached hydrogen (secondary N) is 1. The number of halogens is 2. The molecule has 0 aliphatic heterocycles. The first-order valence-electron chi connectivity index (χ1n) is 6.58. The molecule has 110 valence electrons. The monoisotopic (exact) mass is 323 g/mol. The van der Waals surface area contributed by atoms with Crippen molar-refractivity contribution < 1.29 is 9.90 Å². The Kier molecular flexibility index (Phi) is 5.48. The number of phenolic OH excluding ortho intramolecular Hbond substituents is 1. The van der Waals surface area contributed by atoms with Crippen LogP contribution in [-0.2, 0) is 11.2 Å². The van der Waals surface area contributed by atoms with Crippen LogP contribution in [0.2, 0.25) is 10.0 Å². The zero-order chi connectivity index (χ0) is 15.2. The van der Waals surface area contributed by atoms with Crippen molar-refractivity contribution in [2.45, 2.75) is 19.3 Å². The van der Waals surface area contributed by atoms with E-state index in [9.17, 15) is 9.90 Å². The minimum atomic E-state index is -0.180. The summed E-state index contributed by atoms with van der Waals surface area (Å²) >= 11 is 11.6. The SMILES string of the molecule is O=C(CCCc1ccccc1)Nc1cc(Cl)c(O)c(Cl)c1. The van der Waals surface area contributed by atoms with E-state index >= 15 is 0 Å². The fourth-order valence-corrected chi connectivity index (χ4v) is 2.45. The molecule has 0 fully saturated rings. The lowest BCUT2D eigenvalue weighted by atomic mass is 10.1. The standard InChI is InChI=1S/C16H15Cl2NO2/c17-13-9-12(10-14(18)16(13)21)19-15(20)8-4-7-11-5-2-1-3-6-11/h1-3,5-6,9-10,21H,4,7-8H2,(H,19,20). The number of anilines is 1. The van der Waals surface area contributed by atoms with Crippen LogP contribution in [0.3, 0.4) is 0 Å². The Bertz CT molecular complexity index is 606. The highest BCUT2D eigenvalue weighted by molar-refractivity contribution is 6.37. The van der Waals surface area contributed by atoms with Gasteiger partial charge in [0.05, 0.1) is 10.0 Å². The molecule has 2 aromatic rings. The molecule has 2 aromatic carbocycles. The van der Waals surface area contributed by atoms with E-state index in [0.717, 1.165) is 12.8 Å². The topological polar surface area (TPSA) is 49.3 Å². The van der Waals surface area contributed by atoms with E-state index in [0.29, 0.717) is 12.1 Å². The number of hydrogen-bond acceptors (Lipinski definition) is 2. The molecule has 0 aromatic heterocycles. The zero-order valence-electron chi connectivity index (χ0n) is 11.3. The first-order chi connectivity index (χ1) is 10.1. The van der Waals surface area contributed by atoms with Crippen molar-refractivity contribution in [2.75, 3.05) is 5.32 Å². The molecule has 0 atom stereocenters. The third-order valence-corrected chi connectivity index (χ3v) is 3.59. The fourth-order valence-electron chi connectivity index (χ4n) is 1.96. The zero-order valence-corrected chi connectivity index (χ0v) is 12.8. The highest BCUT2D eigenvalue weighted by atomic mass is 35.5. The highest BCUT2D eigenvalue weighted by Gasteiger charge is 2.09. The van der Waals surface area contributed by atoms with Crippen LogP contribution in [0.25, 0.3) is 0 Å². The number of amides is 1. The van der Waals surface area contributed by atoms with Crippen molar-refractivity contribution in [1.29, 1.82) is 0 Å². The number of aryl methyl sites for hydroxylation is 1.